The van der Waals surface area contributed by atoms with Crippen molar-refractivity contribution in [2.45, 2.75) is 6.54 Å². The zero-order valence-electron chi connectivity index (χ0n) is 18.9. The van der Waals surface area contributed by atoms with Gasteiger partial charge in [-0.2, -0.15) is 0 Å². The Labute approximate surface area is 190 Å². The van der Waals surface area contributed by atoms with Gasteiger partial charge in [-0.25, -0.2) is 0 Å². The fourth-order valence-electron chi connectivity index (χ4n) is 3.66. The predicted octanol–water partition coefficient (Wildman–Crippen LogP) is 1.31. The second kappa shape index (κ2) is 10.3. The molecule has 3 aromatic rings. The molecule has 3 aromatic carbocycles. The minimum atomic E-state index is -0.598. The number of hydrogen-bond donors (Lipinski definition) is 0. The van der Waals surface area contributed by atoms with Gasteiger partial charge in [0, 0.05) is 6.54 Å². The van der Waals surface area contributed by atoms with Gasteiger partial charge in [0.25, 0.3) is 0 Å². The Morgan fingerprint density at radius 3 is 1.59 bits per heavy atom. The second-order valence-corrected chi connectivity index (χ2v) is 7.89. The highest BCUT2D eigenvalue weighted by Gasteiger charge is 2.44. The van der Waals surface area contributed by atoms with Gasteiger partial charge in [0.1, 0.15) is 11.5 Å². The van der Waals surface area contributed by atoms with Crippen LogP contribution in [0.15, 0.2) is 72.8 Å². The minimum absolute atomic E-state index is 0.584. The first-order chi connectivity index (χ1) is 15.6. The van der Waals surface area contributed by atoms with Gasteiger partial charge in [-0.3, -0.25) is 0 Å². The van der Waals surface area contributed by atoms with Gasteiger partial charge in [0.15, 0.2) is 0 Å². The van der Waals surface area contributed by atoms with E-state index in [1.54, 1.807) is 14.2 Å². The zero-order valence-corrected chi connectivity index (χ0v) is 18.9. The first-order valence-electron chi connectivity index (χ1n) is 10.5. The van der Waals surface area contributed by atoms with Crippen molar-refractivity contribution in [2.24, 2.45) is 0 Å². The third-order valence-electron chi connectivity index (χ3n) is 5.31. The number of benzene rings is 3. The van der Waals surface area contributed by atoms with Crippen molar-refractivity contribution in [3.8, 4) is 11.5 Å². The summed E-state index contributed by atoms with van der Waals surface area (Å²) in [6, 6.07) is 23.6. The highest BCUT2D eigenvalue weighted by molar-refractivity contribution is 6.87. The third kappa shape index (κ3) is 5.19. The molecule has 4 rings (SSSR count). The Kier molecular flexibility index (Phi) is 7.22. The summed E-state index contributed by atoms with van der Waals surface area (Å²) < 4.78 is 29.5. The van der Waals surface area contributed by atoms with Gasteiger partial charge >= 0.3 is 21.4 Å². The van der Waals surface area contributed by atoms with Gasteiger partial charge in [0.05, 0.1) is 14.2 Å². The molecule has 0 spiro atoms. The molecule has 1 fully saturated rings. The molecule has 0 amide bonds. The monoisotopic (exact) mass is 429 g/mol. The quantitative estimate of drug-likeness (QED) is 0.529. The summed E-state index contributed by atoms with van der Waals surface area (Å²) in [4.78, 5) is 2.13. The van der Waals surface area contributed by atoms with Crippen molar-refractivity contribution in [3.05, 3.63) is 78.4 Å². The Morgan fingerprint density at radius 2 is 1.12 bits per heavy atom. The molecule has 0 aromatic heterocycles. The SMILES string of the molecule is COc1ccc(B2OB(c3ccc(OC)cc3)OB(c3ccccc3CN(C)C)O2)cc1. The van der Waals surface area contributed by atoms with Crippen LogP contribution in [-0.4, -0.2) is 54.6 Å². The molecule has 0 bridgehead atoms. The van der Waals surface area contributed by atoms with E-state index in [0.29, 0.717) is 0 Å². The molecule has 1 heterocycles. The Bertz CT molecular complexity index is 961. The molecule has 32 heavy (non-hydrogen) atoms. The Hall–Kier alpha value is -2.71. The largest absolute Gasteiger partial charge is 0.497 e. The molecule has 0 radical (unpaired) electrons. The summed E-state index contributed by atoms with van der Waals surface area (Å²) in [5, 5.41) is 0. The summed E-state index contributed by atoms with van der Waals surface area (Å²) in [6.45, 7) is 0.778. The van der Waals surface area contributed by atoms with E-state index in [-0.39, 0.29) is 0 Å². The highest BCUT2D eigenvalue weighted by Crippen LogP contribution is 2.15. The summed E-state index contributed by atoms with van der Waals surface area (Å²) in [6.07, 6.45) is 0. The van der Waals surface area contributed by atoms with Crippen LogP contribution in [0.4, 0.5) is 0 Å². The molecule has 1 saturated heterocycles. The molecule has 6 nitrogen and oxygen atoms in total. The summed E-state index contributed by atoms with van der Waals surface area (Å²) in [7, 11) is 5.60. The molecule has 0 unspecified atom stereocenters. The lowest BCUT2D eigenvalue weighted by atomic mass is 9.61. The normalized spacial score (nSPS) is 14.1. The van der Waals surface area contributed by atoms with Crippen LogP contribution in [0.2, 0.25) is 0 Å². The van der Waals surface area contributed by atoms with Crippen LogP contribution in [0, 0.1) is 0 Å². The maximum Gasteiger partial charge on any atom is 0.467 e. The van der Waals surface area contributed by atoms with E-state index in [9.17, 15) is 0 Å². The highest BCUT2D eigenvalue weighted by atomic mass is 16.7. The van der Waals surface area contributed by atoms with Gasteiger partial charge < -0.3 is 28.1 Å². The van der Waals surface area contributed by atoms with E-state index in [1.807, 2.05) is 80.8 Å². The number of rotatable bonds is 7. The molecule has 0 saturated carbocycles. The van der Waals surface area contributed by atoms with Crippen molar-refractivity contribution in [2.75, 3.05) is 28.3 Å². The van der Waals surface area contributed by atoms with E-state index in [2.05, 4.69) is 11.0 Å². The van der Waals surface area contributed by atoms with Gasteiger partial charge in [-0.05, 0) is 60.3 Å². The average molecular weight is 429 g/mol. The molecule has 9 heteroatoms. The van der Waals surface area contributed by atoms with Crippen LogP contribution < -0.4 is 25.9 Å². The average Bonchev–Trinajstić information content (AvgIpc) is 2.84. The minimum Gasteiger partial charge on any atom is -0.497 e. The fraction of sp³-hybridized carbons (Fsp3) is 0.217. The second-order valence-electron chi connectivity index (χ2n) is 7.89. The van der Waals surface area contributed by atoms with Gasteiger partial charge in [-0.15, -0.1) is 0 Å². The lowest BCUT2D eigenvalue weighted by molar-refractivity contribution is 0.308. The van der Waals surface area contributed by atoms with Crippen molar-refractivity contribution in [1.82, 2.24) is 4.90 Å². The van der Waals surface area contributed by atoms with Crippen LogP contribution in [0.3, 0.4) is 0 Å². The number of hydrogen-bond acceptors (Lipinski definition) is 6. The first-order valence-corrected chi connectivity index (χ1v) is 10.5. The van der Waals surface area contributed by atoms with Crippen LogP contribution in [-0.2, 0) is 20.3 Å². The summed E-state index contributed by atoms with van der Waals surface area (Å²) in [5.41, 5.74) is 3.92. The van der Waals surface area contributed by atoms with E-state index in [1.165, 1.54) is 0 Å². The van der Waals surface area contributed by atoms with Crippen LogP contribution in [0.25, 0.3) is 0 Å². The van der Waals surface area contributed by atoms with Crippen molar-refractivity contribution in [1.29, 1.82) is 0 Å². The first kappa shape index (κ1) is 22.5. The maximum absolute atomic E-state index is 6.32. The van der Waals surface area contributed by atoms with Crippen LogP contribution in [0.1, 0.15) is 5.56 Å². The lowest BCUT2D eigenvalue weighted by Gasteiger charge is -2.32. The molecule has 0 aliphatic carbocycles. The standard InChI is InChI=1S/C23H26B3NO5/c1-27(2)17-18-7-5-6-8-23(18)26-31-24(19-9-13-21(28-3)14-10-19)30-25(32-26)20-11-15-22(29-4)16-12-20/h5-16H,17H2,1-4H3. The summed E-state index contributed by atoms with van der Waals surface area (Å²) >= 11 is 0. The van der Waals surface area contributed by atoms with Crippen molar-refractivity contribution in [3.63, 3.8) is 0 Å². The van der Waals surface area contributed by atoms with Crippen molar-refractivity contribution < 1.29 is 23.2 Å². The van der Waals surface area contributed by atoms with E-state index in [4.69, 9.17) is 23.2 Å². The molecular formula is C23H26B3NO5. The molecule has 0 N–H and O–H groups in total. The topological polar surface area (TPSA) is 49.4 Å². The van der Waals surface area contributed by atoms with Gasteiger partial charge in [-0.1, -0.05) is 48.5 Å². The molecule has 1 aliphatic heterocycles. The number of nitrogens with zero attached hydrogens (tertiary/aromatic N) is 1. The number of methoxy groups -OCH3 is 2. The predicted molar refractivity (Wildman–Crippen MR) is 129 cm³/mol. The van der Waals surface area contributed by atoms with E-state index < -0.39 is 21.4 Å². The summed E-state index contributed by atoms with van der Waals surface area (Å²) in [5.74, 6) is 1.56. The third-order valence-corrected chi connectivity index (χ3v) is 5.31. The molecule has 1 aliphatic rings. The Morgan fingerprint density at radius 1 is 0.656 bits per heavy atom. The molecule has 0 atom stereocenters. The van der Waals surface area contributed by atoms with Crippen LogP contribution >= 0.6 is 0 Å². The van der Waals surface area contributed by atoms with Crippen molar-refractivity contribution >= 4 is 37.7 Å². The Balaban J connectivity index is 1.67. The van der Waals surface area contributed by atoms with Gasteiger partial charge in [0.2, 0.25) is 0 Å². The lowest BCUT2D eigenvalue weighted by Crippen LogP contribution is -2.61. The smallest absolute Gasteiger partial charge is 0.467 e. The molecule has 162 valence electrons. The molecular weight excluding hydrogens is 403 g/mol. The number of ether oxygens (including phenoxy) is 2. The van der Waals surface area contributed by atoms with Crippen LogP contribution in [0.5, 0.6) is 11.5 Å². The maximum atomic E-state index is 6.32. The van der Waals surface area contributed by atoms with E-state index in [0.717, 1.165) is 40.0 Å². The van der Waals surface area contributed by atoms with E-state index >= 15 is 0 Å². The fourth-order valence-corrected chi connectivity index (χ4v) is 3.66. The zero-order chi connectivity index (χ0) is 22.5.